The fraction of sp³-hybridized carbons (Fsp3) is 0.360. The number of ether oxygens (including phenoxy) is 2. The fourth-order valence-electron chi connectivity index (χ4n) is 3.81. The Morgan fingerprint density at radius 3 is 2.59 bits per heavy atom. The highest BCUT2D eigenvalue weighted by molar-refractivity contribution is 7.14. The van der Waals surface area contributed by atoms with Gasteiger partial charge in [-0.15, -0.1) is 11.3 Å². The molecule has 0 aliphatic carbocycles. The highest BCUT2D eigenvalue weighted by Gasteiger charge is 2.21. The van der Waals surface area contributed by atoms with Gasteiger partial charge in [0.25, 0.3) is 0 Å². The number of rotatable bonds is 7. The van der Waals surface area contributed by atoms with Crippen LogP contribution in [0.2, 0.25) is 0 Å². The molecule has 1 aliphatic rings. The van der Waals surface area contributed by atoms with Crippen molar-refractivity contribution in [2.75, 3.05) is 18.1 Å². The zero-order chi connectivity index (χ0) is 22.5. The van der Waals surface area contributed by atoms with Crippen LogP contribution in [0.1, 0.15) is 44.5 Å². The fourth-order valence-corrected chi connectivity index (χ4v) is 4.70. The maximum atomic E-state index is 12.3. The van der Waals surface area contributed by atoms with Crippen LogP contribution in [0.15, 0.2) is 53.9 Å². The molecule has 2 heterocycles. The lowest BCUT2D eigenvalue weighted by Crippen LogP contribution is -2.26. The number of carbonyl (C=O) groups excluding carboxylic acids is 1. The first kappa shape index (κ1) is 22.3. The highest BCUT2D eigenvalue weighted by atomic mass is 32.1. The third kappa shape index (κ3) is 5.11. The van der Waals surface area contributed by atoms with Gasteiger partial charge in [-0.2, -0.15) is 0 Å². The largest absolute Gasteiger partial charge is 0.490 e. The molecule has 32 heavy (non-hydrogen) atoms. The molecular weight excluding hydrogens is 422 g/mol. The highest BCUT2D eigenvalue weighted by Crippen LogP contribution is 2.34. The molecule has 0 radical (unpaired) electrons. The van der Waals surface area contributed by atoms with Crippen molar-refractivity contribution < 1.29 is 14.3 Å². The lowest BCUT2D eigenvalue weighted by atomic mass is 9.95. The minimum atomic E-state index is -0.0580. The van der Waals surface area contributed by atoms with E-state index in [1.165, 1.54) is 11.3 Å². The predicted molar refractivity (Wildman–Crippen MR) is 128 cm³/mol. The predicted octanol–water partition coefficient (Wildman–Crippen LogP) is 5.48. The standard InChI is InChI=1S/C25H29N3O3S/c1-17(2)24(19-10-11-22-23(14-19)31-13-7-12-30-22)26-15-20-16-32-25(27-20)28(18(3)29)21-8-5-4-6-9-21/h4-6,8-11,14,16-17,24,26H,7,12-13,15H2,1-3H3/t24-/m1/s1. The molecule has 1 aliphatic heterocycles. The summed E-state index contributed by atoms with van der Waals surface area (Å²) in [5.41, 5.74) is 2.89. The quantitative estimate of drug-likeness (QED) is 0.516. The number of hydrogen-bond acceptors (Lipinski definition) is 6. The summed E-state index contributed by atoms with van der Waals surface area (Å²) in [5, 5.41) is 6.32. The summed E-state index contributed by atoms with van der Waals surface area (Å²) >= 11 is 1.48. The third-order valence-electron chi connectivity index (χ3n) is 5.36. The van der Waals surface area contributed by atoms with Crippen molar-refractivity contribution in [3.05, 3.63) is 65.2 Å². The minimum Gasteiger partial charge on any atom is -0.490 e. The van der Waals surface area contributed by atoms with Gasteiger partial charge in [0.2, 0.25) is 5.91 Å². The summed E-state index contributed by atoms with van der Waals surface area (Å²) < 4.78 is 11.6. The molecule has 1 atom stereocenters. The van der Waals surface area contributed by atoms with Crippen LogP contribution in [0, 0.1) is 5.92 Å². The third-order valence-corrected chi connectivity index (χ3v) is 6.24. The Morgan fingerprint density at radius 1 is 1.12 bits per heavy atom. The van der Waals surface area contributed by atoms with Gasteiger partial charge in [-0.05, 0) is 35.7 Å². The Balaban J connectivity index is 1.49. The summed E-state index contributed by atoms with van der Waals surface area (Å²) in [6.07, 6.45) is 0.891. The smallest absolute Gasteiger partial charge is 0.230 e. The van der Waals surface area contributed by atoms with Gasteiger partial charge in [0.1, 0.15) is 0 Å². The molecule has 168 valence electrons. The summed E-state index contributed by atoms with van der Waals surface area (Å²) in [6, 6.07) is 15.9. The normalized spacial score (nSPS) is 14.1. The lowest BCUT2D eigenvalue weighted by molar-refractivity contribution is -0.115. The Morgan fingerprint density at radius 2 is 1.88 bits per heavy atom. The molecule has 0 spiro atoms. The number of nitrogens with zero attached hydrogens (tertiary/aromatic N) is 2. The van der Waals surface area contributed by atoms with E-state index in [4.69, 9.17) is 14.5 Å². The maximum Gasteiger partial charge on any atom is 0.230 e. The van der Waals surface area contributed by atoms with Crippen LogP contribution in [0.4, 0.5) is 10.8 Å². The molecular formula is C25H29N3O3S. The summed E-state index contributed by atoms with van der Waals surface area (Å²) in [6.45, 7) is 7.91. The number of thiazole rings is 1. The average molecular weight is 452 g/mol. The van der Waals surface area contributed by atoms with Crippen LogP contribution in [0.5, 0.6) is 11.5 Å². The number of anilines is 2. The summed E-state index contributed by atoms with van der Waals surface area (Å²) in [7, 11) is 0. The molecule has 4 rings (SSSR count). The van der Waals surface area contributed by atoms with Crippen molar-refractivity contribution in [3.63, 3.8) is 0 Å². The van der Waals surface area contributed by atoms with Gasteiger partial charge < -0.3 is 14.8 Å². The van der Waals surface area contributed by atoms with Crippen molar-refractivity contribution in [1.29, 1.82) is 0 Å². The van der Waals surface area contributed by atoms with Crippen LogP contribution in [0.3, 0.4) is 0 Å². The van der Waals surface area contributed by atoms with Crippen LogP contribution >= 0.6 is 11.3 Å². The zero-order valence-electron chi connectivity index (χ0n) is 18.7. The molecule has 0 unspecified atom stereocenters. The maximum absolute atomic E-state index is 12.3. The van der Waals surface area contributed by atoms with Gasteiger partial charge in [-0.1, -0.05) is 38.1 Å². The summed E-state index contributed by atoms with van der Waals surface area (Å²) in [5.74, 6) is 1.93. The Labute approximate surface area is 193 Å². The van der Waals surface area contributed by atoms with Gasteiger partial charge in [0, 0.05) is 31.3 Å². The van der Waals surface area contributed by atoms with Crippen LogP contribution in [0.25, 0.3) is 0 Å². The second-order valence-electron chi connectivity index (χ2n) is 8.17. The zero-order valence-corrected chi connectivity index (χ0v) is 19.5. The number of hydrogen-bond donors (Lipinski definition) is 1. The number of nitrogens with one attached hydrogen (secondary N) is 1. The molecule has 2 aromatic carbocycles. The molecule has 0 fully saturated rings. The number of aromatic nitrogens is 1. The van der Waals surface area contributed by atoms with E-state index in [9.17, 15) is 4.79 Å². The molecule has 0 saturated heterocycles. The molecule has 0 bridgehead atoms. The van der Waals surface area contributed by atoms with Crippen LogP contribution in [-0.2, 0) is 11.3 Å². The Hall–Kier alpha value is -2.90. The average Bonchev–Trinajstić information content (AvgIpc) is 3.10. The van der Waals surface area contributed by atoms with Crippen molar-refractivity contribution >= 4 is 28.1 Å². The second-order valence-corrected chi connectivity index (χ2v) is 9.01. The van der Waals surface area contributed by atoms with Gasteiger partial charge in [-0.3, -0.25) is 9.69 Å². The van der Waals surface area contributed by atoms with E-state index in [1.54, 1.807) is 11.8 Å². The molecule has 7 heteroatoms. The lowest BCUT2D eigenvalue weighted by Gasteiger charge is -2.23. The second kappa shape index (κ2) is 10.1. The van der Waals surface area contributed by atoms with E-state index < -0.39 is 0 Å². The molecule has 3 aromatic rings. The van der Waals surface area contributed by atoms with Gasteiger partial charge in [0.15, 0.2) is 16.6 Å². The number of benzene rings is 2. The van der Waals surface area contributed by atoms with Crippen molar-refractivity contribution in [1.82, 2.24) is 10.3 Å². The van der Waals surface area contributed by atoms with Gasteiger partial charge >= 0.3 is 0 Å². The van der Waals surface area contributed by atoms with E-state index in [0.29, 0.717) is 30.8 Å². The topological polar surface area (TPSA) is 63.7 Å². The van der Waals surface area contributed by atoms with Crippen molar-refractivity contribution in [2.45, 2.75) is 39.8 Å². The first-order chi connectivity index (χ1) is 15.5. The van der Waals surface area contributed by atoms with Crippen molar-refractivity contribution in [3.8, 4) is 11.5 Å². The van der Waals surface area contributed by atoms with Gasteiger partial charge in [0.05, 0.1) is 24.6 Å². The van der Waals surface area contributed by atoms with Crippen LogP contribution in [-0.4, -0.2) is 24.1 Å². The first-order valence-corrected chi connectivity index (χ1v) is 11.8. The molecule has 1 aromatic heterocycles. The molecule has 1 amide bonds. The van der Waals surface area contributed by atoms with E-state index in [2.05, 4.69) is 31.3 Å². The number of amides is 1. The molecule has 6 nitrogen and oxygen atoms in total. The molecule has 0 saturated carbocycles. The van der Waals surface area contributed by atoms with Crippen molar-refractivity contribution in [2.24, 2.45) is 5.92 Å². The minimum absolute atomic E-state index is 0.0580. The first-order valence-electron chi connectivity index (χ1n) is 11.0. The van der Waals surface area contributed by atoms with Crippen LogP contribution < -0.4 is 19.7 Å². The Bertz CT molecular complexity index is 1050. The Kier molecular flexibility index (Phi) is 7.07. The van der Waals surface area contributed by atoms with E-state index >= 15 is 0 Å². The van der Waals surface area contributed by atoms with Gasteiger partial charge in [-0.25, -0.2) is 4.98 Å². The van der Waals surface area contributed by atoms with E-state index in [1.807, 2.05) is 41.8 Å². The number of para-hydroxylation sites is 1. The molecule has 1 N–H and O–H groups in total. The SMILES string of the molecule is CC(=O)N(c1ccccc1)c1nc(CN[C@@H](c2ccc3c(c2)OCCCO3)C(C)C)cs1. The monoisotopic (exact) mass is 451 g/mol. The summed E-state index contributed by atoms with van der Waals surface area (Å²) in [4.78, 5) is 18.7. The number of carbonyl (C=O) groups is 1. The van der Waals surface area contributed by atoms with E-state index in [-0.39, 0.29) is 11.9 Å². The number of fused-ring (bicyclic) bond motifs is 1. The van der Waals surface area contributed by atoms with E-state index in [0.717, 1.165) is 34.9 Å².